The number of rotatable bonds is 7. The zero-order valence-corrected chi connectivity index (χ0v) is 18.5. The highest BCUT2D eigenvalue weighted by Gasteiger charge is 2.34. The number of benzene rings is 1. The summed E-state index contributed by atoms with van der Waals surface area (Å²) in [7, 11) is 0. The molecule has 1 saturated carbocycles. The Bertz CT molecular complexity index is 980. The Hall–Kier alpha value is -2.50. The van der Waals surface area contributed by atoms with E-state index in [-0.39, 0.29) is 24.5 Å². The number of halogens is 4. The van der Waals surface area contributed by atoms with E-state index in [4.69, 9.17) is 0 Å². The summed E-state index contributed by atoms with van der Waals surface area (Å²) < 4.78 is 52.2. The number of aromatic nitrogens is 1. The lowest BCUT2D eigenvalue weighted by Gasteiger charge is -2.29. The number of hydrogen-bond donors (Lipinski definition) is 0. The van der Waals surface area contributed by atoms with Crippen LogP contribution in [0.5, 0.6) is 0 Å². The molecule has 0 amide bonds. The molecule has 32 heavy (non-hydrogen) atoms. The summed E-state index contributed by atoms with van der Waals surface area (Å²) in [6, 6.07) is 4.96. The van der Waals surface area contributed by atoms with E-state index in [1.807, 2.05) is 25.3 Å². The second-order valence-corrected chi connectivity index (χ2v) is 8.71. The van der Waals surface area contributed by atoms with Crippen molar-refractivity contribution in [2.75, 3.05) is 0 Å². The number of carbonyl (C=O) groups is 1. The number of alkyl halides is 3. The maximum atomic E-state index is 13.5. The van der Waals surface area contributed by atoms with Gasteiger partial charge in [-0.1, -0.05) is 24.6 Å². The fourth-order valence-corrected chi connectivity index (χ4v) is 4.68. The molecule has 2 nitrogen and oxygen atoms in total. The lowest BCUT2D eigenvalue weighted by Crippen LogP contribution is -2.19. The third kappa shape index (κ3) is 6.05. The van der Waals surface area contributed by atoms with Crippen molar-refractivity contribution in [2.24, 2.45) is 5.92 Å². The molecule has 6 heteroatoms. The molecule has 0 N–H and O–H groups in total. The van der Waals surface area contributed by atoms with Crippen molar-refractivity contribution in [3.05, 3.63) is 70.3 Å². The Balaban J connectivity index is 1.60. The fourth-order valence-electron chi connectivity index (χ4n) is 4.68. The highest BCUT2D eigenvalue weighted by atomic mass is 19.4. The van der Waals surface area contributed by atoms with Crippen LogP contribution in [0.15, 0.2) is 36.5 Å². The number of aryl methyl sites for hydroxylation is 2. The zero-order valence-electron chi connectivity index (χ0n) is 18.5. The van der Waals surface area contributed by atoms with Gasteiger partial charge in [0.25, 0.3) is 0 Å². The minimum Gasteiger partial charge on any atom is -0.300 e. The molecule has 172 valence electrons. The number of nitrogens with zero attached hydrogens (tertiary/aromatic N) is 1. The Labute approximate surface area is 186 Å². The van der Waals surface area contributed by atoms with Gasteiger partial charge in [-0.2, -0.15) is 13.2 Å². The highest BCUT2D eigenvalue weighted by Crippen LogP contribution is 2.39. The topological polar surface area (TPSA) is 30.0 Å². The summed E-state index contributed by atoms with van der Waals surface area (Å²) in [6.07, 6.45) is 5.90. The molecule has 2 aromatic rings. The van der Waals surface area contributed by atoms with E-state index in [2.05, 4.69) is 18.0 Å². The predicted molar refractivity (Wildman–Crippen MR) is 118 cm³/mol. The van der Waals surface area contributed by atoms with Gasteiger partial charge in [0.05, 0.1) is 11.3 Å². The van der Waals surface area contributed by atoms with Crippen molar-refractivity contribution in [3.8, 4) is 0 Å². The number of ketones is 1. The molecule has 1 aliphatic rings. The maximum Gasteiger partial charge on any atom is 0.419 e. The van der Waals surface area contributed by atoms with Crippen LogP contribution in [0.2, 0.25) is 0 Å². The lowest BCUT2D eigenvalue weighted by atomic mass is 9.76. The molecule has 1 aromatic heterocycles. The molecule has 1 aliphatic carbocycles. The second kappa shape index (κ2) is 10.4. The molecule has 0 radical (unpaired) electrons. The summed E-state index contributed by atoms with van der Waals surface area (Å²) in [4.78, 5) is 17.2. The first kappa shape index (κ1) is 24.1. The summed E-state index contributed by atoms with van der Waals surface area (Å²) in [6.45, 7) is 4.06. The van der Waals surface area contributed by atoms with Crippen LogP contribution in [0.25, 0.3) is 6.08 Å². The Morgan fingerprint density at radius 2 is 2.00 bits per heavy atom. The van der Waals surface area contributed by atoms with Crippen molar-refractivity contribution >= 4 is 11.9 Å². The molecule has 2 unspecified atom stereocenters. The minimum absolute atomic E-state index is 0.0411. The van der Waals surface area contributed by atoms with Gasteiger partial charge in [-0.3, -0.25) is 9.78 Å². The van der Waals surface area contributed by atoms with E-state index in [9.17, 15) is 22.4 Å². The summed E-state index contributed by atoms with van der Waals surface area (Å²) in [5.41, 5.74) is 2.48. The molecular formula is C26H29F4NO. The van der Waals surface area contributed by atoms with E-state index in [0.29, 0.717) is 17.9 Å². The Kier molecular flexibility index (Phi) is 7.86. The van der Waals surface area contributed by atoms with Crippen molar-refractivity contribution in [2.45, 2.75) is 70.9 Å². The van der Waals surface area contributed by atoms with Crippen molar-refractivity contribution in [1.29, 1.82) is 0 Å². The average molecular weight is 448 g/mol. The van der Waals surface area contributed by atoms with Gasteiger partial charge in [0.15, 0.2) is 0 Å². The predicted octanol–water partition coefficient (Wildman–Crippen LogP) is 7.45. The molecule has 2 atom stereocenters. The second-order valence-electron chi connectivity index (χ2n) is 8.71. The third-order valence-corrected chi connectivity index (χ3v) is 6.29. The molecule has 1 aromatic carbocycles. The van der Waals surface area contributed by atoms with Crippen molar-refractivity contribution in [3.63, 3.8) is 0 Å². The molecule has 0 bridgehead atoms. The quantitative estimate of drug-likeness (QED) is 0.413. The third-order valence-electron chi connectivity index (χ3n) is 6.29. The van der Waals surface area contributed by atoms with Gasteiger partial charge in [0.1, 0.15) is 11.6 Å². The SMILES string of the molecule is C/C=C\c1c(C)ccnc1C1CCCC(CC(=O)CCc2ccc(F)c(C(F)(F)F)c2)C1. The van der Waals surface area contributed by atoms with Crippen LogP contribution in [-0.2, 0) is 17.4 Å². The van der Waals surface area contributed by atoms with Gasteiger partial charge in [0, 0.05) is 25.0 Å². The van der Waals surface area contributed by atoms with Gasteiger partial charge in [-0.25, -0.2) is 4.39 Å². The van der Waals surface area contributed by atoms with Gasteiger partial charge in [0.2, 0.25) is 0 Å². The number of pyridine rings is 1. The standard InChI is InChI=1S/C26H29F4NO/c1-3-5-22-17(2)12-13-31-25(22)20-7-4-6-19(14-20)15-21(32)10-8-18-9-11-24(27)23(16-18)26(28,29)30/h3,5,9,11-13,16,19-20H,4,6-8,10,14-15H2,1-2H3/b5-3-. The van der Waals surface area contributed by atoms with Crippen LogP contribution in [0.3, 0.4) is 0 Å². The van der Waals surface area contributed by atoms with Gasteiger partial charge in [-0.05, 0) is 80.3 Å². The molecular weight excluding hydrogens is 418 g/mol. The Morgan fingerprint density at radius 3 is 2.72 bits per heavy atom. The lowest BCUT2D eigenvalue weighted by molar-refractivity contribution is -0.140. The van der Waals surface area contributed by atoms with Crippen molar-refractivity contribution in [1.82, 2.24) is 4.98 Å². The molecule has 0 saturated heterocycles. The number of carbonyl (C=O) groups excluding carboxylic acids is 1. The number of Topliss-reactive ketones (excluding diaryl/α,β-unsaturated/α-hetero) is 1. The molecule has 0 aliphatic heterocycles. The van der Waals surface area contributed by atoms with Gasteiger partial charge >= 0.3 is 6.18 Å². The first-order chi connectivity index (χ1) is 15.2. The van der Waals surface area contributed by atoms with Crippen LogP contribution in [0.1, 0.15) is 79.3 Å². The first-order valence-electron chi connectivity index (χ1n) is 11.1. The van der Waals surface area contributed by atoms with E-state index in [0.717, 1.165) is 49.1 Å². The first-order valence-corrected chi connectivity index (χ1v) is 11.1. The van der Waals surface area contributed by atoms with Crippen LogP contribution in [0, 0.1) is 18.7 Å². The number of allylic oxidation sites excluding steroid dienone is 1. The van der Waals surface area contributed by atoms with Gasteiger partial charge < -0.3 is 0 Å². The zero-order chi connectivity index (χ0) is 23.3. The van der Waals surface area contributed by atoms with Crippen LogP contribution < -0.4 is 0 Å². The normalized spacial score (nSPS) is 19.4. The highest BCUT2D eigenvalue weighted by molar-refractivity contribution is 5.79. The number of hydrogen-bond acceptors (Lipinski definition) is 2. The summed E-state index contributed by atoms with van der Waals surface area (Å²) in [5.74, 6) is -0.692. The molecule has 0 spiro atoms. The Morgan fingerprint density at radius 1 is 1.22 bits per heavy atom. The van der Waals surface area contributed by atoms with E-state index in [1.54, 1.807) is 0 Å². The molecule has 1 fully saturated rings. The largest absolute Gasteiger partial charge is 0.419 e. The maximum absolute atomic E-state index is 13.5. The minimum atomic E-state index is -4.74. The monoisotopic (exact) mass is 447 g/mol. The van der Waals surface area contributed by atoms with Crippen molar-refractivity contribution < 1.29 is 22.4 Å². The van der Waals surface area contributed by atoms with Crippen LogP contribution in [-0.4, -0.2) is 10.8 Å². The smallest absolute Gasteiger partial charge is 0.300 e. The summed E-state index contributed by atoms with van der Waals surface area (Å²) in [5, 5.41) is 0. The van der Waals surface area contributed by atoms with Crippen LogP contribution >= 0.6 is 0 Å². The fraction of sp³-hybridized carbons (Fsp3) is 0.462. The average Bonchev–Trinajstić information content (AvgIpc) is 2.74. The van der Waals surface area contributed by atoms with Crippen LogP contribution in [0.4, 0.5) is 17.6 Å². The summed E-state index contributed by atoms with van der Waals surface area (Å²) >= 11 is 0. The van der Waals surface area contributed by atoms with E-state index in [1.165, 1.54) is 11.6 Å². The van der Waals surface area contributed by atoms with Gasteiger partial charge in [-0.15, -0.1) is 0 Å². The molecule has 1 heterocycles. The van der Waals surface area contributed by atoms with E-state index >= 15 is 0 Å². The van der Waals surface area contributed by atoms with E-state index < -0.39 is 17.6 Å². The molecule has 3 rings (SSSR count).